The first-order valence-corrected chi connectivity index (χ1v) is 4.93. The first-order valence-electron chi connectivity index (χ1n) is 4.93. The van der Waals surface area contributed by atoms with Gasteiger partial charge in [0.1, 0.15) is 5.69 Å². The van der Waals surface area contributed by atoms with Gasteiger partial charge in [0.05, 0.1) is 18.4 Å². The lowest BCUT2D eigenvalue weighted by molar-refractivity contribution is -0.0165. The quantitative estimate of drug-likeness (QED) is 0.745. The van der Waals surface area contributed by atoms with E-state index in [9.17, 15) is 0 Å². The third-order valence-corrected chi connectivity index (χ3v) is 1.74. The normalized spacial score (nSPS) is 12.4. The van der Waals surface area contributed by atoms with E-state index in [1.807, 2.05) is 31.6 Å². The molecule has 0 aliphatic carbocycles. The lowest BCUT2D eigenvalue weighted by Gasteiger charge is -2.18. The number of nitrogens with zero attached hydrogens (tertiary/aromatic N) is 3. The molecule has 1 aromatic heterocycles. The highest BCUT2D eigenvalue weighted by Gasteiger charge is 2.11. The van der Waals surface area contributed by atoms with E-state index < -0.39 is 0 Å². The van der Waals surface area contributed by atoms with Crippen molar-refractivity contribution < 1.29 is 4.74 Å². The Kier molecular flexibility index (Phi) is 3.26. The zero-order valence-corrected chi connectivity index (χ0v) is 9.61. The zero-order chi connectivity index (χ0) is 10.8. The van der Waals surface area contributed by atoms with Crippen LogP contribution in [0.2, 0.25) is 0 Å². The Hall–Kier alpha value is -0.900. The lowest BCUT2D eigenvalue weighted by atomic mass is 10.2. The molecule has 0 fully saturated rings. The van der Waals surface area contributed by atoms with Crippen molar-refractivity contribution in [3.05, 3.63) is 11.9 Å². The molecule has 0 N–H and O–H groups in total. The summed E-state index contributed by atoms with van der Waals surface area (Å²) in [6.45, 7) is 10.8. The predicted octanol–water partition coefficient (Wildman–Crippen LogP) is 2.17. The molecule has 0 saturated heterocycles. The van der Waals surface area contributed by atoms with E-state index >= 15 is 0 Å². The van der Waals surface area contributed by atoms with Crippen LogP contribution in [0.15, 0.2) is 6.20 Å². The zero-order valence-electron chi connectivity index (χ0n) is 9.61. The average Bonchev–Trinajstić information content (AvgIpc) is 2.47. The standard InChI is InChI=1S/C10H19N3O/c1-8(2)13-6-9(11-12-13)7-14-10(3,4)5/h6,8H,7H2,1-5H3. The Morgan fingerprint density at radius 3 is 2.50 bits per heavy atom. The fourth-order valence-corrected chi connectivity index (χ4v) is 0.922. The highest BCUT2D eigenvalue weighted by Crippen LogP contribution is 2.10. The summed E-state index contributed by atoms with van der Waals surface area (Å²) in [4.78, 5) is 0. The Morgan fingerprint density at radius 2 is 2.07 bits per heavy atom. The van der Waals surface area contributed by atoms with Gasteiger partial charge in [-0.2, -0.15) is 0 Å². The Bertz CT molecular complexity index is 286. The first kappa shape index (κ1) is 11.2. The van der Waals surface area contributed by atoms with Gasteiger partial charge in [0, 0.05) is 6.04 Å². The molecule has 1 heterocycles. The van der Waals surface area contributed by atoms with Crippen LogP contribution < -0.4 is 0 Å². The van der Waals surface area contributed by atoms with Crippen molar-refractivity contribution in [1.29, 1.82) is 0 Å². The van der Waals surface area contributed by atoms with E-state index in [4.69, 9.17) is 4.74 Å². The van der Waals surface area contributed by atoms with Gasteiger partial charge < -0.3 is 4.74 Å². The minimum Gasteiger partial charge on any atom is -0.369 e. The molecule has 0 amide bonds. The molecule has 0 aliphatic heterocycles. The van der Waals surface area contributed by atoms with Crippen LogP contribution in [0.5, 0.6) is 0 Å². The highest BCUT2D eigenvalue weighted by molar-refractivity contribution is 4.90. The highest BCUT2D eigenvalue weighted by atomic mass is 16.5. The second-order valence-electron chi connectivity index (χ2n) is 4.68. The Labute approximate surface area is 85.3 Å². The minimum absolute atomic E-state index is 0.123. The van der Waals surface area contributed by atoms with Crippen molar-refractivity contribution in [2.24, 2.45) is 0 Å². The molecular weight excluding hydrogens is 178 g/mol. The monoisotopic (exact) mass is 197 g/mol. The molecule has 0 bridgehead atoms. The number of aromatic nitrogens is 3. The number of hydrogen-bond donors (Lipinski definition) is 0. The van der Waals surface area contributed by atoms with Crippen LogP contribution in [0.4, 0.5) is 0 Å². The maximum absolute atomic E-state index is 5.59. The fourth-order valence-electron chi connectivity index (χ4n) is 0.922. The van der Waals surface area contributed by atoms with Crippen molar-refractivity contribution in [3.8, 4) is 0 Å². The first-order chi connectivity index (χ1) is 6.38. The summed E-state index contributed by atoms with van der Waals surface area (Å²) in [7, 11) is 0. The molecule has 0 saturated carbocycles. The van der Waals surface area contributed by atoms with Gasteiger partial charge in [-0.05, 0) is 34.6 Å². The smallest absolute Gasteiger partial charge is 0.108 e. The van der Waals surface area contributed by atoms with E-state index in [-0.39, 0.29) is 5.60 Å². The number of rotatable bonds is 3. The van der Waals surface area contributed by atoms with Gasteiger partial charge in [0.2, 0.25) is 0 Å². The fraction of sp³-hybridized carbons (Fsp3) is 0.800. The van der Waals surface area contributed by atoms with Crippen LogP contribution in [-0.4, -0.2) is 20.6 Å². The Balaban J connectivity index is 2.52. The van der Waals surface area contributed by atoms with Crippen LogP contribution >= 0.6 is 0 Å². The molecule has 0 aromatic carbocycles. The van der Waals surface area contributed by atoms with Crippen LogP contribution in [0.1, 0.15) is 46.4 Å². The maximum atomic E-state index is 5.59. The van der Waals surface area contributed by atoms with Gasteiger partial charge in [0.25, 0.3) is 0 Å². The Morgan fingerprint density at radius 1 is 1.43 bits per heavy atom. The van der Waals surface area contributed by atoms with Gasteiger partial charge in [-0.15, -0.1) is 5.10 Å². The summed E-state index contributed by atoms with van der Waals surface area (Å²) in [6, 6.07) is 0.353. The number of hydrogen-bond acceptors (Lipinski definition) is 3. The molecule has 0 radical (unpaired) electrons. The molecule has 14 heavy (non-hydrogen) atoms. The van der Waals surface area contributed by atoms with Crippen LogP contribution in [0, 0.1) is 0 Å². The SMILES string of the molecule is CC(C)n1cc(COC(C)(C)C)nn1. The van der Waals surface area contributed by atoms with E-state index in [1.165, 1.54) is 0 Å². The molecule has 0 spiro atoms. The van der Waals surface area contributed by atoms with E-state index in [0.29, 0.717) is 12.6 Å². The largest absolute Gasteiger partial charge is 0.369 e. The molecular formula is C10H19N3O. The molecule has 0 aliphatic rings. The summed E-state index contributed by atoms with van der Waals surface area (Å²) < 4.78 is 7.43. The predicted molar refractivity (Wildman–Crippen MR) is 54.9 cm³/mol. The van der Waals surface area contributed by atoms with Crippen molar-refractivity contribution in [3.63, 3.8) is 0 Å². The van der Waals surface area contributed by atoms with E-state index in [2.05, 4.69) is 24.2 Å². The summed E-state index contributed by atoms with van der Waals surface area (Å²) in [6.07, 6.45) is 1.93. The lowest BCUT2D eigenvalue weighted by Crippen LogP contribution is -2.18. The van der Waals surface area contributed by atoms with Crippen LogP contribution in [0.25, 0.3) is 0 Å². The third-order valence-electron chi connectivity index (χ3n) is 1.74. The number of ether oxygens (including phenoxy) is 1. The van der Waals surface area contributed by atoms with Crippen LogP contribution in [-0.2, 0) is 11.3 Å². The van der Waals surface area contributed by atoms with E-state index in [0.717, 1.165) is 5.69 Å². The molecule has 4 nitrogen and oxygen atoms in total. The van der Waals surface area contributed by atoms with Crippen molar-refractivity contribution >= 4 is 0 Å². The van der Waals surface area contributed by atoms with E-state index in [1.54, 1.807) is 0 Å². The molecule has 0 unspecified atom stereocenters. The van der Waals surface area contributed by atoms with Crippen molar-refractivity contribution in [2.75, 3.05) is 0 Å². The van der Waals surface area contributed by atoms with Gasteiger partial charge in [-0.25, -0.2) is 4.68 Å². The maximum Gasteiger partial charge on any atom is 0.108 e. The van der Waals surface area contributed by atoms with Crippen molar-refractivity contribution in [1.82, 2.24) is 15.0 Å². The molecule has 1 aromatic rings. The summed E-state index contributed by atoms with van der Waals surface area (Å²) in [5, 5.41) is 8.03. The van der Waals surface area contributed by atoms with Crippen LogP contribution in [0.3, 0.4) is 0 Å². The molecule has 0 atom stereocenters. The summed E-state index contributed by atoms with van der Waals surface area (Å²) in [5.41, 5.74) is 0.760. The van der Waals surface area contributed by atoms with Gasteiger partial charge in [-0.3, -0.25) is 0 Å². The molecule has 4 heteroatoms. The average molecular weight is 197 g/mol. The molecule has 80 valence electrons. The summed E-state index contributed by atoms with van der Waals surface area (Å²) >= 11 is 0. The molecule has 1 rings (SSSR count). The second kappa shape index (κ2) is 4.09. The topological polar surface area (TPSA) is 39.9 Å². The van der Waals surface area contributed by atoms with Crippen molar-refractivity contribution in [2.45, 2.75) is 52.9 Å². The summed E-state index contributed by atoms with van der Waals surface area (Å²) in [5.74, 6) is 0. The third kappa shape index (κ3) is 3.46. The van der Waals surface area contributed by atoms with Gasteiger partial charge in [0.15, 0.2) is 0 Å². The minimum atomic E-state index is -0.123. The van der Waals surface area contributed by atoms with Gasteiger partial charge >= 0.3 is 0 Å². The van der Waals surface area contributed by atoms with Gasteiger partial charge in [-0.1, -0.05) is 5.21 Å². The second-order valence-corrected chi connectivity index (χ2v) is 4.68.